The Morgan fingerprint density at radius 2 is 2.18 bits per heavy atom. The molecule has 3 atom stereocenters. The van der Waals surface area contributed by atoms with E-state index in [1.807, 2.05) is 6.07 Å². The Balaban J connectivity index is 2.04. The van der Waals surface area contributed by atoms with Crippen LogP contribution in [0.15, 0.2) is 18.2 Å². The van der Waals surface area contributed by atoms with Crippen LogP contribution in [0, 0.1) is 18.8 Å². The first kappa shape index (κ1) is 12.9. The van der Waals surface area contributed by atoms with E-state index in [0.29, 0.717) is 5.92 Å². The fourth-order valence-electron chi connectivity index (χ4n) is 3.03. The normalized spacial score (nSPS) is 26.1. The largest absolute Gasteiger partial charge is 0.327 e. The highest BCUT2D eigenvalue weighted by Crippen LogP contribution is 2.34. The maximum Gasteiger partial charge on any atom is 0.0441 e. The van der Waals surface area contributed by atoms with E-state index in [2.05, 4.69) is 26.0 Å². The summed E-state index contributed by atoms with van der Waals surface area (Å²) in [5.74, 6) is 1.45. The zero-order chi connectivity index (χ0) is 12.4. The molecule has 2 rings (SSSR count). The van der Waals surface area contributed by atoms with Gasteiger partial charge >= 0.3 is 0 Å². The third kappa shape index (κ3) is 3.02. The molecule has 2 heteroatoms. The highest BCUT2D eigenvalue weighted by molar-refractivity contribution is 6.31. The molecule has 1 nitrogen and oxygen atoms in total. The fraction of sp³-hybridized carbons (Fsp3) is 0.600. The molecule has 0 spiro atoms. The molecule has 0 aromatic heterocycles. The predicted octanol–water partition coefficient (Wildman–Crippen LogP) is 3.95. The molecule has 1 aromatic carbocycles. The molecule has 1 fully saturated rings. The summed E-state index contributed by atoms with van der Waals surface area (Å²) in [4.78, 5) is 0. The summed E-state index contributed by atoms with van der Waals surface area (Å²) >= 11 is 6.26. The van der Waals surface area contributed by atoms with E-state index in [1.54, 1.807) is 0 Å². The quantitative estimate of drug-likeness (QED) is 0.865. The second kappa shape index (κ2) is 5.41. The molecule has 1 aliphatic rings. The molecule has 0 saturated heterocycles. The highest BCUT2D eigenvalue weighted by Gasteiger charge is 2.28. The first-order valence-electron chi connectivity index (χ1n) is 6.58. The number of rotatable bonds is 3. The standard InChI is InChI=1S/C15H22ClN/c1-10-6-7-12(14(16)8-10)9-15(17)13-5-3-4-11(13)2/h6-8,11,13,15H,3-5,9,17H2,1-2H3. The Morgan fingerprint density at radius 3 is 2.76 bits per heavy atom. The topological polar surface area (TPSA) is 26.0 Å². The van der Waals surface area contributed by atoms with Crippen LogP contribution < -0.4 is 5.73 Å². The van der Waals surface area contributed by atoms with Gasteiger partial charge in [-0.3, -0.25) is 0 Å². The first-order chi connectivity index (χ1) is 8.08. The summed E-state index contributed by atoms with van der Waals surface area (Å²) in [6.07, 6.45) is 4.86. The van der Waals surface area contributed by atoms with Crippen LogP contribution in [-0.4, -0.2) is 6.04 Å². The van der Waals surface area contributed by atoms with Crippen molar-refractivity contribution >= 4 is 11.6 Å². The maximum atomic E-state index is 6.35. The van der Waals surface area contributed by atoms with Crippen molar-refractivity contribution in [2.75, 3.05) is 0 Å². The van der Waals surface area contributed by atoms with Gasteiger partial charge in [0.15, 0.2) is 0 Å². The average Bonchev–Trinajstić information content (AvgIpc) is 2.68. The van der Waals surface area contributed by atoms with Crippen LogP contribution in [-0.2, 0) is 6.42 Å². The van der Waals surface area contributed by atoms with E-state index in [1.165, 1.54) is 30.4 Å². The molecule has 0 heterocycles. The molecule has 0 bridgehead atoms. The van der Waals surface area contributed by atoms with Crippen LogP contribution in [0.3, 0.4) is 0 Å². The molecule has 0 aliphatic heterocycles. The molecule has 94 valence electrons. The predicted molar refractivity (Wildman–Crippen MR) is 74.4 cm³/mol. The van der Waals surface area contributed by atoms with Gasteiger partial charge < -0.3 is 5.73 Å². The second-order valence-electron chi connectivity index (χ2n) is 5.53. The van der Waals surface area contributed by atoms with Gasteiger partial charge in [0.25, 0.3) is 0 Å². The van der Waals surface area contributed by atoms with E-state index in [9.17, 15) is 0 Å². The van der Waals surface area contributed by atoms with Gasteiger partial charge in [0.2, 0.25) is 0 Å². The lowest BCUT2D eigenvalue weighted by molar-refractivity contribution is 0.343. The van der Waals surface area contributed by atoms with Crippen molar-refractivity contribution < 1.29 is 0 Å². The summed E-state index contributed by atoms with van der Waals surface area (Å²) in [6, 6.07) is 6.53. The average molecular weight is 252 g/mol. The molecular weight excluding hydrogens is 230 g/mol. The second-order valence-corrected chi connectivity index (χ2v) is 5.94. The minimum absolute atomic E-state index is 0.257. The fourth-order valence-corrected chi connectivity index (χ4v) is 3.35. The minimum atomic E-state index is 0.257. The van der Waals surface area contributed by atoms with Crippen molar-refractivity contribution in [2.45, 2.75) is 45.6 Å². The van der Waals surface area contributed by atoms with Gasteiger partial charge in [-0.2, -0.15) is 0 Å². The summed E-state index contributed by atoms with van der Waals surface area (Å²) < 4.78 is 0. The lowest BCUT2D eigenvalue weighted by atomic mass is 9.87. The summed E-state index contributed by atoms with van der Waals surface area (Å²) in [6.45, 7) is 4.39. The number of nitrogens with two attached hydrogens (primary N) is 1. The van der Waals surface area contributed by atoms with Crippen LogP contribution in [0.2, 0.25) is 5.02 Å². The van der Waals surface area contributed by atoms with Crippen LogP contribution in [0.5, 0.6) is 0 Å². The number of hydrogen-bond acceptors (Lipinski definition) is 1. The lowest BCUT2D eigenvalue weighted by Gasteiger charge is -2.23. The Hall–Kier alpha value is -0.530. The Morgan fingerprint density at radius 1 is 1.41 bits per heavy atom. The van der Waals surface area contributed by atoms with Gasteiger partial charge in [0, 0.05) is 11.1 Å². The van der Waals surface area contributed by atoms with E-state index < -0.39 is 0 Å². The molecule has 0 amide bonds. The third-order valence-corrected chi connectivity index (χ3v) is 4.49. The van der Waals surface area contributed by atoms with Crippen molar-refractivity contribution in [1.82, 2.24) is 0 Å². The lowest BCUT2D eigenvalue weighted by Crippen LogP contribution is -2.33. The van der Waals surface area contributed by atoms with Gasteiger partial charge in [0.1, 0.15) is 0 Å². The monoisotopic (exact) mass is 251 g/mol. The van der Waals surface area contributed by atoms with Gasteiger partial charge in [0.05, 0.1) is 0 Å². The SMILES string of the molecule is Cc1ccc(CC(N)C2CCCC2C)c(Cl)c1. The van der Waals surface area contributed by atoms with Gasteiger partial charge in [-0.15, -0.1) is 0 Å². The molecule has 17 heavy (non-hydrogen) atoms. The molecule has 0 radical (unpaired) electrons. The van der Waals surface area contributed by atoms with E-state index >= 15 is 0 Å². The van der Waals surface area contributed by atoms with Crippen LogP contribution >= 0.6 is 11.6 Å². The van der Waals surface area contributed by atoms with E-state index in [-0.39, 0.29) is 6.04 Å². The Labute approximate surface area is 109 Å². The third-order valence-electron chi connectivity index (χ3n) is 4.14. The number of aryl methyl sites for hydroxylation is 1. The summed E-state index contributed by atoms with van der Waals surface area (Å²) in [5, 5.41) is 0.867. The van der Waals surface area contributed by atoms with Crippen LogP contribution in [0.25, 0.3) is 0 Å². The van der Waals surface area contributed by atoms with Gasteiger partial charge in [-0.05, 0) is 48.8 Å². The molecular formula is C15H22ClN. The number of benzene rings is 1. The summed E-state index contributed by atoms with van der Waals surface area (Å²) in [5.41, 5.74) is 8.76. The minimum Gasteiger partial charge on any atom is -0.327 e. The molecule has 1 aromatic rings. The number of halogens is 1. The first-order valence-corrected chi connectivity index (χ1v) is 6.96. The molecule has 3 unspecified atom stereocenters. The van der Waals surface area contributed by atoms with E-state index in [4.69, 9.17) is 17.3 Å². The number of hydrogen-bond donors (Lipinski definition) is 1. The highest BCUT2D eigenvalue weighted by atomic mass is 35.5. The van der Waals surface area contributed by atoms with Crippen molar-refractivity contribution in [3.05, 3.63) is 34.3 Å². The molecule has 2 N–H and O–H groups in total. The van der Waals surface area contributed by atoms with Crippen molar-refractivity contribution in [3.63, 3.8) is 0 Å². The van der Waals surface area contributed by atoms with Crippen LogP contribution in [0.1, 0.15) is 37.3 Å². The van der Waals surface area contributed by atoms with Crippen molar-refractivity contribution in [3.8, 4) is 0 Å². The smallest absolute Gasteiger partial charge is 0.0441 e. The van der Waals surface area contributed by atoms with Crippen molar-refractivity contribution in [2.24, 2.45) is 17.6 Å². The van der Waals surface area contributed by atoms with Gasteiger partial charge in [-0.1, -0.05) is 43.5 Å². The Kier molecular flexibility index (Phi) is 4.11. The molecule has 1 aliphatic carbocycles. The summed E-state index contributed by atoms with van der Waals surface area (Å²) in [7, 11) is 0. The zero-order valence-corrected chi connectivity index (χ0v) is 11.5. The molecule has 1 saturated carbocycles. The maximum absolute atomic E-state index is 6.35. The Bertz CT molecular complexity index is 389. The van der Waals surface area contributed by atoms with Crippen LogP contribution in [0.4, 0.5) is 0 Å². The van der Waals surface area contributed by atoms with Crippen molar-refractivity contribution in [1.29, 1.82) is 0 Å². The van der Waals surface area contributed by atoms with E-state index in [0.717, 1.165) is 17.4 Å². The van der Waals surface area contributed by atoms with Gasteiger partial charge in [-0.25, -0.2) is 0 Å². The zero-order valence-electron chi connectivity index (χ0n) is 10.7.